The van der Waals surface area contributed by atoms with E-state index in [9.17, 15) is 4.79 Å². The molecule has 0 fully saturated rings. The summed E-state index contributed by atoms with van der Waals surface area (Å²) in [4.78, 5) is 17.2. The molecule has 4 rings (SSSR count). The maximum atomic E-state index is 12.8. The molecule has 0 spiro atoms. The summed E-state index contributed by atoms with van der Waals surface area (Å²) in [6.45, 7) is 5.33. The number of carbonyl (C=O) groups excluding carboxylic acids is 1. The van der Waals surface area contributed by atoms with Gasteiger partial charge in [-0.1, -0.05) is 18.2 Å². The number of anilines is 1. The van der Waals surface area contributed by atoms with Crippen molar-refractivity contribution in [2.45, 2.75) is 26.9 Å². The zero-order valence-corrected chi connectivity index (χ0v) is 16.5. The maximum Gasteiger partial charge on any atom is 0.257 e. The highest BCUT2D eigenvalue weighted by Crippen LogP contribution is 2.19. The molecule has 0 aliphatic carbocycles. The Hall–Kier alpha value is -3.67. The van der Waals surface area contributed by atoms with Crippen LogP contribution in [0.3, 0.4) is 0 Å². The van der Waals surface area contributed by atoms with Crippen LogP contribution in [0.25, 0.3) is 0 Å². The minimum Gasteiger partial charge on any atom is -0.342 e. The third-order valence-corrected chi connectivity index (χ3v) is 4.98. The number of aryl methyl sites for hydroxylation is 1. The lowest BCUT2D eigenvalue weighted by Gasteiger charge is -2.10. The SMILES string of the molecule is Cc1cc(C(=O)Nc2ccc(Cn3cccn3)cc2)c(C)n1Cc1ccccn1. The van der Waals surface area contributed by atoms with E-state index in [1.165, 1.54) is 0 Å². The molecule has 0 unspecified atom stereocenters. The average molecular weight is 385 g/mol. The van der Waals surface area contributed by atoms with Crippen LogP contribution in [0, 0.1) is 13.8 Å². The molecule has 3 aromatic heterocycles. The summed E-state index contributed by atoms with van der Waals surface area (Å²) in [5.41, 5.74) is 5.51. The number of hydrogen-bond donors (Lipinski definition) is 1. The molecule has 146 valence electrons. The molecular weight excluding hydrogens is 362 g/mol. The molecule has 1 N–H and O–H groups in total. The topological polar surface area (TPSA) is 64.7 Å². The second-order valence-electron chi connectivity index (χ2n) is 7.05. The van der Waals surface area contributed by atoms with Crippen molar-refractivity contribution in [1.82, 2.24) is 19.3 Å². The van der Waals surface area contributed by atoms with E-state index in [0.29, 0.717) is 18.7 Å². The van der Waals surface area contributed by atoms with Crippen LogP contribution < -0.4 is 5.32 Å². The van der Waals surface area contributed by atoms with Gasteiger partial charge in [0.25, 0.3) is 5.91 Å². The van der Waals surface area contributed by atoms with E-state index >= 15 is 0 Å². The van der Waals surface area contributed by atoms with Gasteiger partial charge in [-0.05, 0) is 55.8 Å². The first-order chi connectivity index (χ1) is 14.1. The first-order valence-electron chi connectivity index (χ1n) is 9.54. The highest BCUT2D eigenvalue weighted by atomic mass is 16.1. The smallest absolute Gasteiger partial charge is 0.257 e. The van der Waals surface area contributed by atoms with Crippen LogP contribution in [-0.4, -0.2) is 25.2 Å². The molecule has 1 amide bonds. The number of benzene rings is 1. The van der Waals surface area contributed by atoms with E-state index in [1.54, 1.807) is 12.4 Å². The second-order valence-corrected chi connectivity index (χ2v) is 7.05. The molecule has 0 saturated heterocycles. The Balaban J connectivity index is 1.46. The van der Waals surface area contributed by atoms with Gasteiger partial charge < -0.3 is 9.88 Å². The molecule has 0 bridgehead atoms. The summed E-state index contributed by atoms with van der Waals surface area (Å²) in [5.74, 6) is -0.106. The summed E-state index contributed by atoms with van der Waals surface area (Å²) < 4.78 is 3.98. The molecule has 6 heteroatoms. The second kappa shape index (κ2) is 8.14. The number of rotatable bonds is 6. The molecule has 6 nitrogen and oxygen atoms in total. The highest BCUT2D eigenvalue weighted by molar-refractivity contribution is 6.05. The first-order valence-corrected chi connectivity index (χ1v) is 9.54. The van der Waals surface area contributed by atoms with Crippen molar-refractivity contribution in [2.24, 2.45) is 0 Å². The maximum absolute atomic E-state index is 12.8. The van der Waals surface area contributed by atoms with Crippen LogP contribution in [0.2, 0.25) is 0 Å². The Morgan fingerprint density at radius 3 is 2.52 bits per heavy atom. The van der Waals surface area contributed by atoms with Gasteiger partial charge in [0.15, 0.2) is 0 Å². The van der Waals surface area contributed by atoms with Crippen molar-refractivity contribution in [2.75, 3.05) is 5.32 Å². The normalized spacial score (nSPS) is 10.8. The Kier molecular flexibility index (Phi) is 5.24. The third-order valence-electron chi connectivity index (χ3n) is 4.98. The Bertz CT molecular complexity index is 1100. The summed E-state index contributed by atoms with van der Waals surface area (Å²) in [6, 6.07) is 17.5. The van der Waals surface area contributed by atoms with Crippen molar-refractivity contribution < 1.29 is 4.79 Å². The van der Waals surface area contributed by atoms with Crippen LogP contribution in [0.15, 0.2) is 73.2 Å². The predicted octanol–water partition coefficient (Wildman–Crippen LogP) is 4.05. The monoisotopic (exact) mass is 385 g/mol. The summed E-state index contributed by atoms with van der Waals surface area (Å²) in [6.07, 6.45) is 5.47. The Morgan fingerprint density at radius 1 is 1.00 bits per heavy atom. The van der Waals surface area contributed by atoms with Crippen molar-refractivity contribution in [1.29, 1.82) is 0 Å². The highest BCUT2D eigenvalue weighted by Gasteiger charge is 2.16. The average Bonchev–Trinajstić information content (AvgIpc) is 3.34. The number of hydrogen-bond acceptors (Lipinski definition) is 3. The van der Waals surface area contributed by atoms with Crippen LogP contribution in [0.4, 0.5) is 5.69 Å². The lowest BCUT2D eigenvalue weighted by molar-refractivity contribution is 0.102. The summed E-state index contributed by atoms with van der Waals surface area (Å²) in [5, 5.41) is 7.21. The van der Waals surface area contributed by atoms with E-state index < -0.39 is 0 Å². The molecule has 1 aromatic carbocycles. The zero-order valence-electron chi connectivity index (χ0n) is 16.5. The van der Waals surface area contributed by atoms with Gasteiger partial charge in [0, 0.05) is 35.7 Å². The van der Waals surface area contributed by atoms with Crippen molar-refractivity contribution in [3.63, 3.8) is 0 Å². The third kappa shape index (κ3) is 4.27. The Morgan fingerprint density at radius 2 is 1.83 bits per heavy atom. The number of nitrogens with zero attached hydrogens (tertiary/aromatic N) is 4. The van der Waals surface area contributed by atoms with Gasteiger partial charge in [-0.25, -0.2) is 0 Å². The van der Waals surface area contributed by atoms with E-state index in [1.807, 2.05) is 79.3 Å². The fourth-order valence-corrected chi connectivity index (χ4v) is 3.40. The standard InChI is InChI=1S/C23H23N5O/c1-17-14-22(18(2)28(17)16-21-6-3-4-11-24-21)23(29)26-20-9-7-19(8-10-20)15-27-13-5-12-25-27/h3-14H,15-16H2,1-2H3,(H,26,29). The van der Waals surface area contributed by atoms with Crippen LogP contribution in [-0.2, 0) is 13.1 Å². The van der Waals surface area contributed by atoms with Crippen molar-refractivity contribution in [3.8, 4) is 0 Å². The van der Waals surface area contributed by atoms with Gasteiger partial charge >= 0.3 is 0 Å². The quantitative estimate of drug-likeness (QED) is 0.545. The van der Waals surface area contributed by atoms with Crippen LogP contribution in [0.1, 0.15) is 33.0 Å². The van der Waals surface area contributed by atoms with Crippen LogP contribution in [0.5, 0.6) is 0 Å². The number of aromatic nitrogens is 4. The Labute approximate surface area is 169 Å². The molecule has 0 radical (unpaired) electrons. The number of amides is 1. The van der Waals surface area contributed by atoms with Gasteiger partial charge in [0.1, 0.15) is 0 Å². The first kappa shape index (κ1) is 18.7. The zero-order chi connectivity index (χ0) is 20.2. The van der Waals surface area contributed by atoms with E-state index in [-0.39, 0.29) is 5.91 Å². The van der Waals surface area contributed by atoms with Gasteiger partial charge in [-0.3, -0.25) is 14.5 Å². The van der Waals surface area contributed by atoms with E-state index in [2.05, 4.69) is 20.0 Å². The molecule has 4 aromatic rings. The fraction of sp³-hybridized carbons (Fsp3) is 0.174. The summed E-state index contributed by atoms with van der Waals surface area (Å²) >= 11 is 0. The van der Waals surface area contributed by atoms with Crippen LogP contribution >= 0.6 is 0 Å². The van der Waals surface area contributed by atoms with Crippen molar-refractivity contribution >= 4 is 11.6 Å². The van der Waals surface area contributed by atoms with E-state index in [0.717, 1.165) is 28.3 Å². The minimum atomic E-state index is -0.106. The molecule has 3 heterocycles. The largest absolute Gasteiger partial charge is 0.342 e. The number of pyridine rings is 1. The molecule has 29 heavy (non-hydrogen) atoms. The van der Waals surface area contributed by atoms with Gasteiger partial charge in [0.2, 0.25) is 0 Å². The molecule has 0 saturated carbocycles. The fourth-order valence-electron chi connectivity index (χ4n) is 3.40. The van der Waals surface area contributed by atoms with Gasteiger partial charge in [-0.2, -0.15) is 5.10 Å². The molecule has 0 aliphatic heterocycles. The minimum absolute atomic E-state index is 0.106. The lowest BCUT2D eigenvalue weighted by atomic mass is 10.2. The van der Waals surface area contributed by atoms with Gasteiger partial charge in [0.05, 0.1) is 24.3 Å². The molecule has 0 aliphatic rings. The van der Waals surface area contributed by atoms with Crippen molar-refractivity contribution in [3.05, 3.63) is 101 Å². The van der Waals surface area contributed by atoms with E-state index in [4.69, 9.17) is 0 Å². The van der Waals surface area contributed by atoms with Gasteiger partial charge in [-0.15, -0.1) is 0 Å². The molecule has 0 atom stereocenters. The lowest BCUT2D eigenvalue weighted by Crippen LogP contribution is -2.14. The number of nitrogens with one attached hydrogen (secondary N) is 1. The predicted molar refractivity (Wildman–Crippen MR) is 113 cm³/mol. The number of carbonyl (C=O) groups is 1. The summed E-state index contributed by atoms with van der Waals surface area (Å²) in [7, 11) is 0. The molecular formula is C23H23N5O.